The summed E-state index contributed by atoms with van der Waals surface area (Å²) in [4.78, 5) is 12.2. The van der Waals surface area contributed by atoms with E-state index in [4.69, 9.17) is 5.73 Å². The molecule has 0 heterocycles. The number of benzene rings is 2. The van der Waals surface area contributed by atoms with Crippen molar-refractivity contribution in [3.63, 3.8) is 0 Å². The number of nitrogen functional groups attached to an aromatic ring is 1. The lowest BCUT2D eigenvalue weighted by Gasteiger charge is -2.05. The van der Waals surface area contributed by atoms with Gasteiger partial charge in [-0.2, -0.15) is 0 Å². The largest absolute Gasteiger partial charge is 0.399 e. The number of hydrogen-bond acceptors (Lipinski definition) is 2. The quantitative estimate of drug-likeness (QED) is 0.650. The summed E-state index contributed by atoms with van der Waals surface area (Å²) in [7, 11) is 0. The third-order valence-electron chi connectivity index (χ3n) is 2.97. The van der Waals surface area contributed by atoms with E-state index in [0.717, 1.165) is 5.56 Å². The fourth-order valence-electron chi connectivity index (χ4n) is 1.72. The van der Waals surface area contributed by atoms with Gasteiger partial charge in [-0.3, -0.25) is 4.79 Å². The van der Waals surface area contributed by atoms with Crippen LogP contribution in [0.15, 0.2) is 36.4 Å². The van der Waals surface area contributed by atoms with Crippen molar-refractivity contribution in [1.82, 2.24) is 0 Å². The SMILES string of the molecule is Cc1cc(C(=O)c2ccc(C)c(F)c2)ccc1N. The van der Waals surface area contributed by atoms with Crippen LogP contribution < -0.4 is 5.73 Å². The smallest absolute Gasteiger partial charge is 0.193 e. The maximum Gasteiger partial charge on any atom is 0.193 e. The molecular weight excluding hydrogens is 229 g/mol. The van der Waals surface area contributed by atoms with Crippen molar-refractivity contribution in [2.75, 3.05) is 5.73 Å². The summed E-state index contributed by atoms with van der Waals surface area (Å²) < 4.78 is 13.4. The van der Waals surface area contributed by atoms with Crippen LogP contribution in [-0.4, -0.2) is 5.78 Å². The molecule has 0 aliphatic carbocycles. The zero-order valence-electron chi connectivity index (χ0n) is 10.3. The summed E-state index contributed by atoms with van der Waals surface area (Å²) >= 11 is 0. The van der Waals surface area contributed by atoms with Gasteiger partial charge in [-0.05, 0) is 49.2 Å². The van der Waals surface area contributed by atoms with Crippen LogP contribution in [0.1, 0.15) is 27.0 Å². The van der Waals surface area contributed by atoms with Crippen LogP contribution in [0.4, 0.5) is 10.1 Å². The number of hydrogen-bond donors (Lipinski definition) is 1. The molecule has 2 rings (SSSR count). The minimum Gasteiger partial charge on any atom is -0.399 e. The fourth-order valence-corrected chi connectivity index (χ4v) is 1.72. The highest BCUT2D eigenvalue weighted by Crippen LogP contribution is 2.17. The molecular formula is C15H14FNO. The highest BCUT2D eigenvalue weighted by atomic mass is 19.1. The van der Waals surface area contributed by atoms with Crippen molar-refractivity contribution in [2.45, 2.75) is 13.8 Å². The highest BCUT2D eigenvalue weighted by molar-refractivity contribution is 6.09. The van der Waals surface area contributed by atoms with Gasteiger partial charge < -0.3 is 5.73 Å². The summed E-state index contributed by atoms with van der Waals surface area (Å²) in [6.07, 6.45) is 0. The zero-order valence-corrected chi connectivity index (χ0v) is 10.3. The first kappa shape index (κ1) is 12.3. The molecule has 92 valence electrons. The van der Waals surface area contributed by atoms with Crippen LogP contribution in [0, 0.1) is 19.7 Å². The summed E-state index contributed by atoms with van der Waals surface area (Å²) in [5.41, 5.74) is 8.58. The first-order chi connectivity index (χ1) is 8.49. The average molecular weight is 243 g/mol. The van der Waals surface area contributed by atoms with E-state index in [1.54, 1.807) is 37.3 Å². The molecule has 0 fully saturated rings. The second kappa shape index (κ2) is 4.61. The molecule has 0 bridgehead atoms. The summed E-state index contributed by atoms with van der Waals surface area (Å²) in [5, 5.41) is 0. The third-order valence-corrected chi connectivity index (χ3v) is 2.97. The van der Waals surface area contributed by atoms with E-state index in [9.17, 15) is 9.18 Å². The van der Waals surface area contributed by atoms with E-state index >= 15 is 0 Å². The van der Waals surface area contributed by atoms with E-state index in [1.165, 1.54) is 6.07 Å². The lowest BCUT2D eigenvalue weighted by Crippen LogP contribution is -2.03. The van der Waals surface area contributed by atoms with Crippen molar-refractivity contribution >= 4 is 11.5 Å². The molecule has 0 spiro atoms. The summed E-state index contributed by atoms with van der Waals surface area (Å²) in [6, 6.07) is 9.56. The van der Waals surface area contributed by atoms with Gasteiger partial charge in [0.15, 0.2) is 5.78 Å². The third kappa shape index (κ3) is 2.25. The van der Waals surface area contributed by atoms with E-state index < -0.39 is 0 Å². The molecule has 2 N–H and O–H groups in total. The predicted octanol–water partition coefficient (Wildman–Crippen LogP) is 3.26. The predicted molar refractivity (Wildman–Crippen MR) is 70.2 cm³/mol. The van der Waals surface area contributed by atoms with Gasteiger partial charge in [0, 0.05) is 16.8 Å². The second-order valence-corrected chi connectivity index (χ2v) is 4.36. The molecule has 2 aromatic rings. The van der Waals surface area contributed by atoms with Crippen LogP contribution in [0.25, 0.3) is 0 Å². The van der Waals surface area contributed by atoms with Gasteiger partial charge >= 0.3 is 0 Å². The number of halogens is 1. The van der Waals surface area contributed by atoms with Crippen LogP contribution in [0.3, 0.4) is 0 Å². The number of ketones is 1. The molecule has 0 atom stereocenters. The van der Waals surface area contributed by atoms with Gasteiger partial charge in [-0.1, -0.05) is 12.1 Å². The number of carbonyl (C=O) groups excluding carboxylic acids is 1. The van der Waals surface area contributed by atoms with Crippen molar-refractivity contribution in [3.8, 4) is 0 Å². The Hall–Kier alpha value is -2.16. The Labute approximate surface area is 105 Å². The number of anilines is 1. The second-order valence-electron chi connectivity index (χ2n) is 4.36. The van der Waals surface area contributed by atoms with Gasteiger partial charge in [0.05, 0.1) is 0 Å². The van der Waals surface area contributed by atoms with Crippen LogP contribution in [0.2, 0.25) is 0 Å². The maximum absolute atomic E-state index is 13.4. The summed E-state index contributed by atoms with van der Waals surface area (Å²) in [6.45, 7) is 3.50. The standard InChI is InChI=1S/C15H14FNO/c1-9-3-4-12(8-13(9)16)15(18)11-5-6-14(17)10(2)7-11/h3-8H,17H2,1-2H3. The van der Waals surface area contributed by atoms with Gasteiger partial charge in [0.25, 0.3) is 0 Å². The first-order valence-electron chi connectivity index (χ1n) is 5.66. The number of aryl methyl sites for hydroxylation is 2. The Morgan fingerprint density at radius 1 is 1.00 bits per heavy atom. The maximum atomic E-state index is 13.4. The minimum absolute atomic E-state index is 0.197. The zero-order chi connectivity index (χ0) is 13.3. The van der Waals surface area contributed by atoms with Gasteiger partial charge in [-0.25, -0.2) is 4.39 Å². The van der Waals surface area contributed by atoms with Crippen molar-refractivity contribution in [1.29, 1.82) is 0 Å². The Balaban J connectivity index is 2.41. The Morgan fingerprint density at radius 2 is 1.61 bits per heavy atom. The van der Waals surface area contributed by atoms with Crippen molar-refractivity contribution in [3.05, 3.63) is 64.5 Å². The molecule has 0 radical (unpaired) electrons. The van der Waals surface area contributed by atoms with E-state index in [0.29, 0.717) is 22.4 Å². The molecule has 0 unspecified atom stereocenters. The number of nitrogens with two attached hydrogens (primary N) is 1. The van der Waals surface area contributed by atoms with E-state index in [1.807, 2.05) is 6.92 Å². The van der Waals surface area contributed by atoms with Gasteiger partial charge in [0.2, 0.25) is 0 Å². The lowest BCUT2D eigenvalue weighted by atomic mass is 10.00. The first-order valence-corrected chi connectivity index (χ1v) is 5.66. The lowest BCUT2D eigenvalue weighted by molar-refractivity contribution is 0.103. The number of carbonyl (C=O) groups is 1. The summed E-state index contributed by atoms with van der Waals surface area (Å²) in [5.74, 6) is -0.565. The Kier molecular flexibility index (Phi) is 3.15. The molecule has 0 saturated heterocycles. The molecule has 2 nitrogen and oxygen atoms in total. The highest BCUT2D eigenvalue weighted by Gasteiger charge is 2.11. The van der Waals surface area contributed by atoms with Gasteiger partial charge in [-0.15, -0.1) is 0 Å². The minimum atomic E-state index is -0.368. The van der Waals surface area contributed by atoms with Gasteiger partial charge in [0.1, 0.15) is 5.82 Å². The molecule has 0 aromatic heterocycles. The van der Waals surface area contributed by atoms with Crippen LogP contribution in [0.5, 0.6) is 0 Å². The Bertz CT molecular complexity index is 566. The molecule has 0 aliphatic heterocycles. The molecule has 18 heavy (non-hydrogen) atoms. The Morgan fingerprint density at radius 3 is 2.22 bits per heavy atom. The van der Waals surface area contributed by atoms with Crippen molar-refractivity contribution < 1.29 is 9.18 Å². The molecule has 0 aliphatic rings. The molecule has 0 saturated carbocycles. The average Bonchev–Trinajstić information content (AvgIpc) is 2.35. The monoisotopic (exact) mass is 243 g/mol. The topological polar surface area (TPSA) is 43.1 Å². The fraction of sp³-hybridized carbons (Fsp3) is 0.133. The molecule has 0 amide bonds. The van der Waals surface area contributed by atoms with Crippen molar-refractivity contribution in [2.24, 2.45) is 0 Å². The van der Waals surface area contributed by atoms with E-state index in [-0.39, 0.29) is 11.6 Å². The van der Waals surface area contributed by atoms with E-state index in [2.05, 4.69) is 0 Å². The molecule has 3 heteroatoms. The van der Waals surface area contributed by atoms with Crippen LogP contribution >= 0.6 is 0 Å². The van der Waals surface area contributed by atoms with Crippen LogP contribution in [-0.2, 0) is 0 Å². The molecule has 2 aromatic carbocycles. The number of rotatable bonds is 2. The normalized spacial score (nSPS) is 10.4.